The number of nitrogens with zero attached hydrogens (tertiary/aromatic N) is 4. The summed E-state index contributed by atoms with van der Waals surface area (Å²) in [5, 5.41) is 6.98. The topological polar surface area (TPSA) is 110 Å². The maximum atomic E-state index is 13.4. The third-order valence-corrected chi connectivity index (χ3v) is 6.94. The van der Waals surface area contributed by atoms with Crippen LogP contribution in [0.1, 0.15) is 36.4 Å². The SMILES string of the molecule is Nc1cc(N)nc(SCC(=O)N2N=C3/C(=C/c4ccccc4)CCC[C@@H]3[C@@H]2c2ccccc2)n1. The third-order valence-electron chi connectivity index (χ3n) is 6.11. The Hall–Kier alpha value is -3.65. The lowest BCUT2D eigenvalue weighted by atomic mass is 9.77. The molecule has 0 unspecified atom stereocenters. The largest absolute Gasteiger partial charge is 0.383 e. The molecule has 3 aromatic rings. The molecule has 1 aliphatic carbocycles. The molecule has 2 aliphatic rings. The number of rotatable bonds is 5. The molecule has 1 aliphatic heterocycles. The minimum absolute atomic E-state index is 0.0931. The van der Waals surface area contributed by atoms with E-state index in [0.29, 0.717) is 5.16 Å². The number of anilines is 2. The molecule has 2 atom stereocenters. The lowest BCUT2D eigenvalue weighted by Crippen LogP contribution is -2.32. The van der Waals surface area contributed by atoms with Crippen LogP contribution in [0.25, 0.3) is 6.08 Å². The van der Waals surface area contributed by atoms with Gasteiger partial charge in [-0.05, 0) is 42.0 Å². The van der Waals surface area contributed by atoms with Gasteiger partial charge in [-0.1, -0.05) is 72.4 Å². The molecule has 7 nitrogen and oxygen atoms in total. The van der Waals surface area contributed by atoms with Gasteiger partial charge in [0.2, 0.25) is 0 Å². The Labute approximate surface area is 203 Å². The van der Waals surface area contributed by atoms with E-state index in [2.05, 4.69) is 40.3 Å². The highest BCUT2D eigenvalue weighted by molar-refractivity contribution is 7.99. The standard InChI is InChI=1S/C26H26N6OS/c27-21-15-22(28)30-26(29-21)34-16-23(33)32-25(18-10-5-2-6-11-18)20-13-7-12-19(24(20)31-32)14-17-8-3-1-4-9-17/h1-6,8-11,14-15,20,25H,7,12-13,16H2,(H4,27,28,29,30)/b19-14+/t20-,25-/m0/s1. The molecule has 4 N–H and O–H groups in total. The number of nitrogen functional groups attached to an aromatic ring is 2. The lowest BCUT2D eigenvalue weighted by Gasteiger charge is -2.29. The molecule has 1 aromatic heterocycles. The fourth-order valence-corrected chi connectivity index (χ4v) is 5.38. The number of benzene rings is 2. The second-order valence-corrected chi connectivity index (χ2v) is 9.39. The van der Waals surface area contributed by atoms with Crippen LogP contribution in [0.4, 0.5) is 11.6 Å². The number of amides is 1. The number of carbonyl (C=O) groups excluding carboxylic acids is 1. The van der Waals surface area contributed by atoms with E-state index in [1.54, 1.807) is 5.01 Å². The van der Waals surface area contributed by atoms with E-state index in [1.165, 1.54) is 23.4 Å². The molecule has 8 heteroatoms. The van der Waals surface area contributed by atoms with Gasteiger partial charge in [0, 0.05) is 12.0 Å². The first-order valence-corrected chi connectivity index (χ1v) is 12.3. The highest BCUT2D eigenvalue weighted by Crippen LogP contribution is 2.44. The molecule has 1 fully saturated rings. The van der Waals surface area contributed by atoms with Gasteiger partial charge in [0.25, 0.3) is 5.91 Å². The molecule has 0 bridgehead atoms. The third kappa shape index (κ3) is 4.68. The monoisotopic (exact) mass is 470 g/mol. The van der Waals surface area contributed by atoms with Gasteiger partial charge >= 0.3 is 0 Å². The molecule has 172 valence electrons. The first-order valence-electron chi connectivity index (χ1n) is 11.3. The van der Waals surface area contributed by atoms with Gasteiger partial charge in [-0.2, -0.15) is 5.10 Å². The van der Waals surface area contributed by atoms with Gasteiger partial charge in [-0.25, -0.2) is 15.0 Å². The van der Waals surface area contributed by atoms with E-state index in [4.69, 9.17) is 16.6 Å². The van der Waals surface area contributed by atoms with Crippen LogP contribution in [0.5, 0.6) is 0 Å². The predicted molar refractivity (Wildman–Crippen MR) is 137 cm³/mol. The summed E-state index contributed by atoms with van der Waals surface area (Å²) >= 11 is 1.22. The first-order chi connectivity index (χ1) is 16.6. The maximum absolute atomic E-state index is 13.4. The average Bonchev–Trinajstić information content (AvgIpc) is 3.24. The number of aromatic nitrogens is 2. The molecule has 34 heavy (non-hydrogen) atoms. The summed E-state index contributed by atoms with van der Waals surface area (Å²) < 4.78 is 0. The second kappa shape index (κ2) is 9.69. The fraction of sp³-hybridized carbons (Fsp3) is 0.231. The summed E-state index contributed by atoms with van der Waals surface area (Å²) in [6.45, 7) is 0. The molecule has 1 amide bonds. The molecule has 0 spiro atoms. The van der Waals surface area contributed by atoms with E-state index < -0.39 is 0 Å². The van der Waals surface area contributed by atoms with Gasteiger partial charge in [-0.3, -0.25) is 4.79 Å². The summed E-state index contributed by atoms with van der Waals surface area (Å²) in [4.78, 5) is 21.8. The van der Waals surface area contributed by atoms with Crippen molar-refractivity contribution in [1.29, 1.82) is 0 Å². The van der Waals surface area contributed by atoms with Crippen molar-refractivity contribution >= 4 is 41.1 Å². The predicted octanol–water partition coefficient (Wildman–Crippen LogP) is 4.56. The van der Waals surface area contributed by atoms with Crippen LogP contribution >= 0.6 is 11.8 Å². The fourth-order valence-electron chi connectivity index (χ4n) is 4.66. The molecule has 2 heterocycles. The Morgan fingerprint density at radius 1 is 1.03 bits per heavy atom. The average molecular weight is 471 g/mol. The minimum atomic E-state index is -0.129. The van der Waals surface area contributed by atoms with Crippen molar-refractivity contribution in [2.75, 3.05) is 17.2 Å². The van der Waals surface area contributed by atoms with Crippen molar-refractivity contribution in [3.8, 4) is 0 Å². The van der Waals surface area contributed by atoms with Crippen LogP contribution in [0.3, 0.4) is 0 Å². The number of hydrazone groups is 1. The smallest absolute Gasteiger partial charge is 0.253 e. The number of carbonyl (C=O) groups is 1. The van der Waals surface area contributed by atoms with Crippen LogP contribution in [0.2, 0.25) is 0 Å². The molecule has 2 aromatic carbocycles. The van der Waals surface area contributed by atoms with Crippen LogP contribution in [0, 0.1) is 5.92 Å². The van der Waals surface area contributed by atoms with Gasteiger partial charge in [0.1, 0.15) is 11.6 Å². The van der Waals surface area contributed by atoms with Gasteiger partial charge < -0.3 is 11.5 Å². The highest BCUT2D eigenvalue weighted by Gasteiger charge is 2.43. The van der Waals surface area contributed by atoms with Crippen molar-refractivity contribution in [3.63, 3.8) is 0 Å². The van der Waals surface area contributed by atoms with E-state index in [1.807, 2.05) is 36.4 Å². The van der Waals surface area contributed by atoms with Crippen molar-refractivity contribution in [2.24, 2.45) is 11.0 Å². The van der Waals surface area contributed by atoms with Crippen molar-refractivity contribution in [1.82, 2.24) is 15.0 Å². The molecule has 1 saturated carbocycles. The lowest BCUT2D eigenvalue weighted by molar-refractivity contribution is -0.130. The zero-order valence-corrected chi connectivity index (χ0v) is 19.5. The highest BCUT2D eigenvalue weighted by atomic mass is 32.2. The minimum Gasteiger partial charge on any atom is -0.383 e. The maximum Gasteiger partial charge on any atom is 0.253 e. The zero-order chi connectivity index (χ0) is 23.5. The Morgan fingerprint density at radius 2 is 1.71 bits per heavy atom. The Morgan fingerprint density at radius 3 is 2.41 bits per heavy atom. The molecule has 0 saturated heterocycles. The van der Waals surface area contributed by atoms with Crippen molar-refractivity contribution in [3.05, 3.63) is 83.4 Å². The summed E-state index contributed by atoms with van der Waals surface area (Å²) in [6.07, 6.45) is 5.23. The van der Waals surface area contributed by atoms with Crippen LogP contribution in [-0.4, -0.2) is 32.3 Å². The molecular weight excluding hydrogens is 444 g/mol. The second-order valence-electron chi connectivity index (χ2n) is 8.45. The number of nitrogens with two attached hydrogens (primary N) is 2. The molecule has 0 radical (unpaired) electrons. The van der Waals surface area contributed by atoms with E-state index >= 15 is 0 Å². The van der Waals surface area contributed by atoms with E-state index in [9.17, 15) is 4.79 Å². The summed E-state index contributed by atoms with van der Waals surface area (Å²) in [5.74, 6) is 0.789. The Bertz CT molecular complexity index is 1220. The number of hydrogen-bond donors (Lipinski definition) is 2. The summed E-state index contributed by atoms with van der Waals surface area (Å²) in [5.41, 5.74) is 16.0. The van der Waals surface area contributed by atoms with Crippen molar-refractivity contribution in [2.45, 2.75) is 30.5 Å². The number of thioether (sulfide) groups is 1. The van der Waals surface area contributed by atoms with Crippen molar-refractivity contribution < 1.29 is 4.79 Å². The number of hydrogen-bond acceptors (Lipinski definition) is 7. The Balaban J connectivity index is 1.45. The van der Waals surface area contributed by atoms with E-state index in [0.717, 1.165) is 36.1 Å². The quantitative estimate of drug-likeness (QED) is 0.418. The van der Waals surface area contributed by atoms with Gasteiger partial charge in [-0.15, -0.1) is 0 Å². The number of allylic oxidation sites excluding steroid dienone is 1. The van der Waals surface area contributed by atoms with Crippen LogP contribution in [0.15, 0.2) is 82.6 Å². The first kappa shape index (κ1) is 22.2. The van der Waals surface area contributed by atoms with Crippen LogP contribution < -0.4 is 11.5 Å². The zero-order valence-electron chi connectivity index (χ0n) is 18.7. The normalized spacial score (nSPS) is 20.8. The summed E-state index contributed by atoms with van der Waals surface area (Å²) in [7, 11) is 0. The van der Waals surface area contributed by atoms with Gasteiger partial charge in [0.05, 0.1) is 17.5 Å². The molecular formula is C26H26N6OS. The van der Waals surface area contributed by atoms with E-state index in [-0.39, 0.29) is 35.3 Å². The summed E-state index contributed by atoms with van der Waals surface area (Å²) in [6, 6.07) is 21.8. The number of fused-ring (bicyclic) bond motifs is 1. The Kier molecular flexibility index (Phi) is 6.31. The van der Waals surface area contributed by atoms with Gasteiger partial charge in [0.15, 0.2) is 5.16 Å². The van der Waals surface area contributed by atoms with Crippen LogP contribution in [-0.2, 0) is 4.79 Å². The molecule has 5 rings (SSSR count).